The summed E-state index contributed by atoms with van der Waals surface area (Å²) in [7, 11) is 1.66. The summed E-state index contributed by atoms with van der Waals surface area (Å²) in [5, 5.41) is 0. The van der Waals surface area contributed by atoms with Gasteiger partial charge in [-0.1, -0.05) is 6.07 Å². The Hall–Kier alpha value is -0.730. The number of nitrogens with zero attached hydrogens (tertiary/aromatic N) is 2. The number of aromatic nitrogens is 1. The van der Waals surface area contributed by atoms with E-state index in [2.05, 4.69) is 31.9 Å². The van der Waals surface area contributed by atoms with Gasteiger partial charge in [-0.2, -0.15) is 0 Å². The third-order valence-electron chi connectivity index (χ3n) is 3.55. The van der Waals surface area contributed by atoms with Crippen molar-refractivity contribution in [2.24, 2.45) is 0 Å². The highest BCUT2D eigenvalue weighted by Gasteiger charge is 2.20. The van der Waals surface area contributed by atoms with E-state index in [9.17, 15) is 0 Å². The van der Waals surface area contributed by atoms with Gasteiger partial charge in [0.05, 0.1) is 46.2 Å². The molecule has 0 radical (unpaired) electrons. The molecule has 0 N–H and O–H groups in total. The first-order chi connectivity index (χ1) is 11.3. The Labute approximate surface area is 146 Å². The lowest BCUT2D eigenvalue weighted by molar-refractivity contribution is 0.00457. The summed E-state index contributed by atoms with van der Waals surface area (Å²) in [5.74, 6) is 1.08. The minimum absolute atomic E-state index is 0.588. The predicted molar refractivity (Wildman–Crippen MR) is 92.2 cm³/mol. The zero-order valence-electron chi connectivity index (χ0n) is 13.6. The summed E-state index contributed by atoms with van der Waals surface area (Å²) in [6.45, 7) is 6.15. The molecule has 1 aromatic rings. The second-order valence-corrected chi connectivity index (χ2v) is 6.00. The normalized spacial score (nSPS) is 13.6. The Kier molecular flexibility index (Phi) is 8.85. The van der Waals surface area contributed by atoms with E-state index in [1.807, 2.05) is 6.07 Å². The van der Waals surface area contributed by atoms with Gasteiger partial charge >= 0.3 is 0 Å². The molecule has 130 valence electrons. The topological polar surface area (TPSA) is 53.1 Å². The van der Waals surface area contributed by atoms with Crippen molar-refractivity contribution < 1.29 is 18.9 Å². The SMILES string of the molecule is COCCOCCOCCOCCN1CCc2ccc(Br)nc21. The summed E-state index contributed by atoms with van der Waals surface area (Å²) < 4.78 is 22.1. The van der Waals surface area contributed by atoms with E-state index in [0.717, 1.165) is 29.9 Å². The molecular weight excluding hydrogens is 364 g/mol. The first-order valence-corrected chi connectivity index (χ1v) is 8.73. The molecule has 0 fully saturated rings. The molecule has 1 aliphatic heterocycles. The van der Waals surface area contributed by atoms with Crippen LogP contribution in [-0.2, 0) is 25.4 Å². The first-order valence-electron chi connectivity index (χ1n) is 7.94. The van der Waals surface area contributed by atoms with Crippen LogP contribution in [0.4, 0.5) is 5.82 Å². The molecule has 0 saturated carbocycles. The molecule has 0 unspecified atom stereocenters. The lowest BCUT2D eigenvalue weighted by Crippen LogP contribution is -2.26. The monoisotopic (exact) mass is 388 g/mol. The molecule has 1 aromatic heterocycles. The smallest absolute Gasteiger partial charge is 0.133 e. The number of anilines is 1. The van der Waals surface area contributed by atoms with Crippen molar-refractivity contribution in [1.82, 2.24) is 4.98 Å². The van der Waals surface area contributed by atoms with Crippen LogP contribution < -0.4 is 4.90 Å². The number of rotatable bonds is 12. The molecule has 2 rings (SSSR count). The number of hydrogen-bond donors (Lipinski definition) is 0. The third-order valence-corrected chi connectivity index (χ3v) is 4.00. The van der Waals surface area contributed by atoms with Crippen molar-refractivity contribution in [3.63, 3.8) is 0 Å². The maximum Gasteiger partial charge on any atom is 0.133 e. The molecule has 0 spiro atoms. The van der Waals surface area contributed by atoms with Gasteiger partial charge in [-0.05, 0) is 34.0 Å². The van der Waals surface area contributed by atoms with Crippen molar-refractivity contribution >= 4 is 21.7 Å². The highest BCUT2D eigenvalue weighted by molar-refractivity contribution is 9.10. The Morgan fingerprint density at radius 2 is 1.65 bits per heavy atom. The fourth-order valence-corrected chi connectivity index (χ4v) is 2.66. The van der Waals surface area contributed by atoms with Crippen molar-refractivity contribution in [2.45, 2.75) is 6.42 Å². The second kappa shape index (κ2) is 10.9. The van der Waals surface area contributed by atoms with Crippen molar-refractivity contribution in [3.05, 3.63) is 22.3 Å². The van der Waals surface area contributed by atoms with Crippen LogP contribution in [-0.4, -0.2) is 71.4 Å². The highest BCUT2D eigenvalue weighted by atomic mass is 79.9. The Balaban J connectivity index is 1.47. The van der Waals surface area contributed by atoms with E-state index < -0.39 is 0 Å². The lowest BCUT2D eigenvalue weighted by Gasteiger charge is -2.18. The second-order valence-electron chi connectivity index (χ2n) is 5.18. The van der Waals surface area contributed by atoms with Crippen LogP contribution >= 0.6 is 15.9 Å². The molecular formula is C16H25BrN2O4. The fraction of sp³-hybridized carbons (Fsp3) is 0.688. The van der Waals surface area contributed by atoms with Gasteiger partial charge in [0, 0.05) is 20.2 Å². The highest BCUT2D eigenvalue weighted by Crippen LogP contribution is 2.26. The average molecular weight is 389 g/mol. The van der Waals surface area contributed by atoms with E-state index >= 15 is 0 Å². The zero-order chi connectivity index (χ0) is 16.3. The molecule has 6 nitrogen and oxygen atoms in total. The fourth-order valence-electron chi connectivity index (χ4n) is 2.36. The maximum absolute atomic E-state index is 5.62. The van der Waals surface area contributed by atoms with Crippen LogP contribution in [0, 0.1) is 0 Å². The van der Waals surface area contributed by atoms with Crippen molar-refractivity contribution in [2.75, 3.05) is 71.3 Å². The molecule has 2 heterocycles. The first kappa shape index (κ1) is 18.6. The van der Waals surface area contributed by atoms with E-state index in [-0.39, 0.29) is 0 Å². The summed E-state index contributed by atoms with van der Waals surface area (Å²) in [5.41, 5.74) is 1.31. The maximum atomic E-state index is 5.62. The van der Waals surface area contributed by atoms with Crippen LogP contribution in [0.3, 0.4) is 0 Å². The van der Waals surface area contributed by atoms with E-state index in [1.54, 1.807) is 7.11 Å². The summed E-state index contributed by atoms with van der Waals surface area (Å²) >= 11 is 3.43. The van der Waals surface area contributed by atoms with Crippen molar-refractivity contribution in [1.29, 1.82) is 0 Å². The van der Waals surface area contributed by atoms with Gasteiger partial charge < -0.3 is 23.8 Å². The van der Waals surface area contributed by atoms with Gasteiger partial charge in [0.15, 0.2) is 0 Å². The number of hydrogen-bond acceptors (Lipinski definition) is 6. The van der Waals surface area contributed by atoms with E-state index in [1.165, 1.54) is 5.56 Å². The zero-order valence-corrected chi connectivity index (χ0v) is 15.2. The molecule has 1 aliphatic rings. The van der Waals surface area contributed by atoms with Gasteiger partial charge in [0.25, 0.3) is 0 Å². The number of halogens is 1. The summed E-state index contributed by atoms with van der Waals surface area (Å²) in [4.78, 5) is 6.81. The third kappa shape index (κ3) is 6.73. The molecule has 0 bridgehead atoms. The number of ether oxygens (including phenoxy) is 4. The largest absolute Gasteiger partial charge is 0.382 e. The van der Waals surface area contributed by atoms with Crippen LogP contribution in [0.15, 0.2) is 16.7 Å². The Morgan fingerprint density at radius 3 is 2.35 bits per heavy atom. The summed E-state index contributed by atoms with van der Waals surface area (Å²) in [6.07, 6.45) is 1.06. The molecule has 0 amide bonds. The molecule has 0 aromatic carbocycles. The minimum Gasteiger partial charge on any atom is -0.382 e. The quantitative estimate of drug-likeness (QED) is 0.402. The molecule has 23 heavy (non-hydrogen) atoms. The van der Waals surface area contributed by atoms with Crippen LogP contribution in [0.5, 0.6) is 0 Å². The van der Waals surface area contributed by atoms with Crippen molar-refractivity contribution in [3.8, 4) is 0 Å². The Bertz CT molecular complexity index is 462. The number of fused-ring (bicyclic) bond motifs is 1. The average Bonchev–Trinajstić information content (AvgIpc) is 2.95. The van der Waals surface area contributed by atoms with Crippen LogP contribution in [0.25, 0.3) is 0 Å². The van der Waals surface area contributed by atoms with Crippen LogP contribution in [0.1, 0.15) is 5.56 Å². The van der Waals surface area contributed by atoms with Gasteiger partial charge in [0.2, 0.25) is 0 Å². The standard InChI is InChI=1S/C16H25BrN2O4/c1-20-8-9-22-12-13-23-11-10-21-7-6-19-5-4-14-2-3-15(17)18-16(14)19/h2-3H,4-13H2,1H3. The van der Waals surface area contributed by atoms with Gasteiger partial charge in [0.1, 0.15) is 10.4 Å². The lowest BCUT2D eigenvalue weighted by atomic mass is 10.2. The van der Waals surface area contributed by atoms with E-state index in [4.69, 9.17) is 18.9 Å². The summed E-state index contributed by atoms with van der Waals surface area (Å²) in [6, 6.07) is 4.13. The number of methoxy groups -OCH3 is 1. The molecule has 7 heteroatoms. The Morgan fingerprint density at radius 1 is 1.00 bits per heavy atom. The van der Waals surface area contributed by atoms with E-state index in [0.29, 0.717) is 46.2 Å². The molecule has 0 saturated heterocycles. The molecule has 0 aliphatic carbocycles. The van der Waals surface area contributed by atoms with Crippen LogP contribution in [0.2, 0.25) is 0 Å². The minimum atomic E-state index is 0.588. The molecule has 0 atom stereocenters. The predicted octanol–water partition coefficient (Wildman–Crippen LogP) is 1.90. The van der Waals surface area contributed by atoms with Gasteiger partial charge in [-0.15, -0.1) is 0 Å². The van der Waals surface area contributed by atoms with Gasteiger partial charge in [-0.3, -0.25) is 0 Å². The number of pyridine rings is 1. The van der Waals surface area contributed by atoms with Gasteiger partial charge in [-0.25, -0.2) is 4.98 Å².